The van der Waals surface area contributed by atoms with Crippen molar-refractivity contribution in [3.63, 3.8) is 0 Å². The Balaban J connectivity index is 3.07. The average Bonchev–Trinajstić information content (AvgIpc) is 2.05. The number of ether oxygens (including phenoxy) is 1. The normalized spacial score (nSPS) is 12.0. The van der Waals surface area contributed by atoms with Crippen LogP contribution >= 0.6 is 8.81 Å². The third-order valence-electron chi connectivity index (χ3n) is 1.59. The lowest BCUT2D eigenvalue weighted by atomic mass is 10.2. The summed E-state index contributed by atoms with van der Waals surface area (Å²) in [5, 5.41) is 0. The van der Waals surface area contributed by atoms with Crippen LogP contribution in [-0.2, 0) is 9.26 Å². The molecule has 0 amide bonds. The van der Waals surface area contributed by atoms with E-state index in [1.165, 1.54) is 0 Å². The molecule has 1 unspecified atom stereocenters. The zero-order valence-electron chi connectivity index (χ0n) is 7.72. The Morgan fingerprint density at radius 3 is 2.27 bits per heavy atom. The summed E-state index contributed by atoms with van der Waals surface area (Å²) in [4.78, 5) is 0. The summed E-state index contributed by atoms with van der Waals surface area (Å²) in [5.74, 6) is 0. The second-order valence-corrected chi connectivity index (χ2v) is 3.06. The molecule has 0 radical (unpaired) electrons. The van der Waals surface area contributed by atoms with E-state index in [-0.39, 0.29) is 0 Å². The van der Waals surface area contributed by atoms with Crippen molar-refractivity contribution in [1.82, 2.24) is 0 Å². The van der Waals surface area contributed by atoms with Crippen LogP contribution in [0, 0.1) is 0 Å². The van der Waals surface area contributed by atoms with Gasteiger partial charge in [-0.25, -0.2) is 0 Å². The first-order valence-electron chi connectivity index (χ1n) is 4.25. The summed E-state index contributed by atoms with van der Waals surface area (Å²) >= 11 is 0. The van der Waals surface area contributed by atoms with E-state index < -0.39 is 0 Å². The zero-order valence-corrected chi connectivity index (χ0v) is 8.72. The van der Waals surface area contributed by atoms with Gasteiger partial charge in [-0.05, 0) is 19.5 Å². The largest absolute Gasteiger partial charge is 0.376 e. The lowest BCUT2D eigenvalue weighted by molar-refractivity contribution is 0.0323. The maximum atomic E-state index is 5.52. The summed E-state index contributed by atoms with van der Waals surface area (Å²) in [6, 6.07) is 0. The van der Waals surface area contributed by atoms with Crippen LogP contribution in [0.1, 0.15) is 26.7 Å². The molecule has 0 fully saturated rings. The Hall–Kier alpha value is 0.350. The molecule has 0 aliphatic heterocycles. The highest BCUT2D eigenvalue weighted by Gasteiger charge is 2.01. The molecule has 1 atom stereocenters. The molecule has 0 bridgehead atoms. The highest BCUT2D eigenvalue weighted by Crippen LogP contribution is 2.05. The number of hydrogen-bond acceptors (Lipinski definition) is 2. The predicted molar refractivity (Wildman–Crippen MR) is 50.5 cm³/mol. The second kappa shape index (κ2) is 8.45. The van der Waals surface area contributed by atoms with Crippen LogP contribution in [0.4, 0.5) is 0 Å². The molecular weight excluding hydrogens is 159 g/mol. The molecule has 3 heteroatoms. The van der Waals surface area contributed by atoms with Gasteiger partial charge in [0.05, 0.1) is 19.3 Å². The van der Waals surface area contributed by atoms with E-state index in [0.29, 0.717) is 14.9 Å². The Morgan fingerprint density at radius 1 is 1.18 bits per heavy atom. The van der Waals surface area contributed by atoms with Gasteiger partial charge in [0.15, 0.2) is 0 Å². The van der Waals surface area contributed by atoms with Crippen LogP contribution in [0.15, 0.2) is 0 Å². The van der Waals surface area contributed by atoms with E-state index in [9.17, 15) is 0 Å². The van der Waals surface area contributed by atoms with Gasteiger partial charge in [0.2, 0.25) is 0 Å². The lowest BCUT2D eigenvalue weighted by Gasteiger charge is -2.13. The lowest BCUT2D eigenvalue weighted by Crippen LogP contribution is -2.13. The molecule has 11 heavy (non-hydrogen) atoms. The van der Waals surface area contributed by atoms with Gasteiger partial charge in [0.1, 0.15) is 0 Å². The summed E-state index contributed by atoms with van der Waals surface area (Å²) in [6.07, 6.45) is 2.63. The van der Waals surface area contributed by atoms with Gasteiger partial charge in [-0.2, -0.15) is 0 Å². The average molecular weight is 178 g/mol. The van der Waals surface area contributed by atoms with Crippen LogP contribution in [0.5, 0.6) is 0 Å². The first-order chi connectivity index (χ1) is 5.35. The highest BCUT2D eigenvalue weighted by molar-refractivity contribution is 7.31. The van der Waals surface area contributed by atoms with Crippen LogP contribution in [0.25, 0.3) is 0 Å². The van der Waals surface area contributed by atoms with E-state index in [1.54, 1.807) is 0 Å². The van der Waals surface area contributed by atoms with Crippen LogP contribution < -0.4 is 0 Å². The molecule has 0 aromatic rings. The SMILES string of the molecule is CCC(CC)OCCOPC. The van der Waals surface area contributed by atoms with Crippen molar-refractivity contribution in [3.05, 3.63) is 0 Å². The summed E-state index contributed by atoms with van der Waals surface area (Å²) in [7, 11) is 0.583. The fourth-order valence-corrected chi connectivity index (χ4v) is 1.17. The molecule has 0 saturated carbocycles. The van der Waals surface area contributed by atoms with Gasteiger partial charge in [-0.1, -0.05) is 13.8 Å². The van der Waals surface area contributed by atoms with Crippen molar-refractivity contribution < 1.29 is 9.26 Å². The van der Waals surface area contributed by atoms with E-state index >= 15 is 0 Å². The van der Waals surface area contributed by atoms with E-state index in [0.717, 1.165) is 26.1 Å². The standard InChI is InChI=1S/C8H19O2P/c1-4-8(5-2)9-6-7-10-11-3/h8,11H,4-7H2,1-3H3. The summed E-state index contributed by atoms with van der Waals surface area (Å²) in [6.45, 7) is 7.81. The quantitative estimate of drug-likeness (QED) is 0.440. The molecule has 0 N–H and O–H groups in total. The fraction of sp³-hybridized carbons (Fsp3) is 1.00. The third-order valence-corrected chi connectivity index (χ3v) is 2.09. The number of hydrogen-bond donors (Lipinski definition) is 0. The molecule has 0 spiro atoms. The van der Waals surface area contributed by atoms with Crippen molar-refractivity contribution in [2.45, 2.75) is 32.8 Å². The molecule has 68 valence electrons. The number of rotatable bonds is 7. The Morgan fingerprint density at radius 2 is 1.82 bits per heavy atom. The van der Waals surface area contributed by atoms with Gasteiger partial charge >= 0.3 is 0 Å². The van der Waals surface area contributed by atoms with E-state index in [4.69, 9.17) is 9.26 Å². The monoisotopic (exact) mass is 178 g/mol. The maximum Gasteiger partial charge on any atom is 0.0739 e. The molecule has 0 aromatic carbocycles. The second-order valence-electron chi connectivity index (χ2n) is 2.36. The van der Waals surface area contributed by atoms with Crippen LogP contribution in [-0.4, -0.2) is 26.0 Å². The van der Waals surface area contributed by atoms with Gasteiger partial charge in [0, 0.05) is 8.81 Å². The van der Waals surface area contributed by atoms with E-state index in [2.05, 4.69) is 13.8 Å². The smallest absolute Gasteiger partial charge is 0.0739 e. The van der Waals surface area contributed by atoms with Gasteiger partial charge in [-0.3, -0.25) is 0 Å². The van der Waals surface area contributed by atoms with E-state index in [1.807, 2.05) is 6.66 Å². The van der Waals surface area contributed by atoms with Crippen LogP contribution in [0.2, 0.25) is 0 Å². The summed E-state index contributed by atoms with van der Waals surface area (Å²) < 4.78 is 10.7. The first-order valence-corrected chi connectivity index (χ1v) is 5.66. The Bertz CT molecular complexity index is 74.5. The molecule has 0 rings (SSSR count). The minimum Gasteiger partial charge on any atom is -0.376 e. The van der Waals surface area contributed by atoms with Crippen molar-refractivity contribution in [3.8, 4) is 0 Å². The van der Waals surface area contributed by atoms with Crippen LogP contribution in [0.3, 0.4) is 0 Å². The Labute approximate surface area is 71.5 Å². The maximum absolute atomic E-state index is 5.52. The van der Waals surface area contributed by atoms with Gasteiger partial charge < -0.3 is 9.26 Å². The highest BCUT2D eigenvalue weighted by atomic mass is 31.1. The van der Waals surface area contributed by atoms with Crippen molar-refractivity contribution >= 4 is 8.81 Å². The third kappa shape index (κ3) is 6.74. The minimum absolute atomic E-state index is 0.429. The molecule has 0 aromatic heterocycles. The fourth-order valence-electron chi connectivity index (χ4n) is 0.883. The molecule has 0 saturated heterocycles. The molecular formula is C8H19O2P. The summed E-state index contributed by atoms with van der Waals surface area (Å²) in [5.41, 5.74) is 0. The van der Waals surface area contributed by atoms with Gasteiger partial charge in [0.25, 0.3) is 0 Å². The topological polar surface area (TPSA) is 18.5 Å². The van der Waals surface area contributed by atoms with Crippen molar-refractivity contribution in [1.29, 1.82) is 0 Å². The molecule has 0 aliphatic rings. The van der Waals surface area contributed by atoms with Crippen molar-refractivity contribution in [2.24, 2.45) is 0 Å². The van der Waals surface area contributed by atoms with Gasteiger partial charge in [-0.15, -0.1) is 0 Å². The Kier molecular flexibility index (Phi) is 8.72. The molecule has 0 heterocycles. The molecule has 0 aliphatic carbocycles. The minimum atomic E-state index is 0.429. The predicted octanol–water partition coefficient (Wildman–Crippen LogP) is 2.43. The molecule has 2 nitrogen and oxygen atoms in total. The van der Waals surface area contributed by atoms with Crippen molar-refractivity contribution in [2.75, 3.05) is 19.9 Å². The first kappa shape index (κ1) is 11.4. The zero-order chi connectivity index (χ0) is 8.53.